The second-order valence-electron chi connectivity index (χ2n) is 3.77. The molecule has 1 heterocycles. The van der Waals surface area contributed by atoms with Crippen molar-refractivity contribution >= 4 is 11.6 Å². The summed E-state index contributed by atoms with van der Waals surface area (Å²) in [6.45, 7) is 4.15. The molecule has 0 saturated carbocycles. The van der Waals surface area contributed by atoms with Crippen LogP contribution in [0.1, 0.15) is 11.4 Å². The number of aromatic nitrogens is 1. The molecule has 84 valence electrons. The second kappa shape index (κ2) is 4.22. The highest BCUT2D eigenvalue weighted by atomic mass is 35.5. The van der Waals surface area contributed by atoms with Gasteiger partial charge in [-0.3, -0.25) is 0 Å². The van der Waals surface area contributed by atoms with E-state index in [1.54, 1.807) is 7.11 Å². The molecule has 0 radical (unpaired) electrons. The molecule has 0 aliphatic carbocycles. The fourth-order valence-corrected chi connectivity index (χ4v) is 2.12. The maximum atomic E-state index is 6.11. The van der Waals surface area contributed by atoms with Crippen LogP contribution in [0.3, 0.4) is 0 Å². The summed E-state index contributed by atoms with van der Waals surface area (Å²) >= 11 is 6.11. The van der Waals surface area contributed by atoms with Crippen molar-refractivity contribution < 1.29 is 4.74 Å². The third-order valence-corrected chi connectivity index (χ3v) is 2.96. The van der Waals surface area contributed by atoms with Gasteiger partial charge < -0.3 is 9.30 Å². The molecule has 2 aromatic rings. The number of halogens is 1. The first-order chi connectivity index (χ1) is 7.63. The number of aryl methyl sites for hydroxylation is 2. The highest BCUT2D eigenvalue weighted by Crippen LogP contribution is 2.27. The molecule has 0 amide bonds. The van der Waals surface area contributed by atoms with Crippen molar-refractivity contribution in [2.24, 2.45) is 0 Å². The highest BCUT2D eigenvalue weighted by molar-refractivity contribution is 6.32. The number of rotatable bonds is 2. The van der Waals surface area contributed by atoms with Crippen molar-refractivity contribution in [2.75, 3.05) is 7.11 Å². The van der Waals surface area contributed by atoms with Crippen LogP contribution in [0.5, 0.6) is 5.75 Å². The van der Waals surface area contributed by atoms with Crippen LogP contribution in [0.2, 0.25) is 5.02 Å². The molecule has 0 fully saturated rings. The molecule has 0 saturated heterocycles. The van der Waals surface area contributed by atoms with Crippen LogP contribution in [0, 0.1) is 13.8 Å². The van der Waals surface area contributed by atoms with Gasteiger partial charge in [0.2, 0.25) is 0 Å². The summed E-state index contributed by atoms with van der Waals surface area (Å²) in [4.78, 5) is 0. The Morgan fingerprint density at radius 1 is 1.06 bits per heavy atom. The summed E-state index contributed by atoms with van der Waals surface area (Å²) in [5.41, 5.74) is 3.45. The van der Waals surface area contributed by atoms with Crippen molar-refractivity contribution in [1.82, 2.24) is 4.57 Å². The van der Waals surface area contributed by atoms with E-state index in [0.717, 1.165) is 5.69 Å². The Bertz CT molecular complexity index is 497. The van der Waals surface area contributed by atoms with Gasteiger partial charge in [-0.25, -0.2) is 0 Å². The average molecular weight is 236 g/mol. The molecule has 3 heteroatoms. The van der Waals surface area contributed by atoms with Gasteiger partial charge in [0.1, 0.15) is 5.75 Å². The molecule has 0 unspecified atom stereocenters. The Hall–Kier alpha value is -1.41. The fourth-order valence-electron chi connectivity index (χ4n) is 1.87. The van der Waals surface area contributed by atoms with Crippen molar-refractivity contribution in [3.05, 3.63) is 46.7 Å². The summed E-state index contributed by atoms with van der Waals surface area (Å²) in [6.07, 6.45) is 0. The number of hydrogen-bond acceptors (Lipinski definition) is 1. The van der Waals surface area contributed by atoms with Crippen molar-refractivity contribution in [3.63, 3.8) is 0 Å². The van der Waals surface area contributed by atoms with Crippen molar-refractivity contribution in [1.29, 1.82) is 0 Å². The van der Waals surface area contributed by atoms with Crippen LogP contribution in [-0.2, 0) is 0 Å². The Balaban J connectivity index is 2.53. The molecule has 1 aromatic heterocycles. The minimum atomic E-state index is 0.632. The van der Waals surface area contributed by atoms with Crippen LogP contribution < -0.4 is 4.74 Å². The Kier molecular flexibility index (Phi) is 2.92. The minimum Gasteiger partial charge on any atom is -0.495 e. The molecule has 1 aromatic carbocycles. The van der Waals surface area contributed by atoms with E-state index in [1.165, 1.54) is 11.4 Å². The van der Waals surface area contributed by atoms with E-state index < -0.39 is 0 Å². The van der Waals surface area contributed by atoms with Crippen LogP contribution in [0.25, 0.3) is 5.69 Å². The van der Waals surface area contributed by atoms with Gasteiger partial charge in [-0.15, -0.1) is 0 Å². The normalized spacial score (nSPS) is 10.5. The van der Waals surface area contributed by atoms with E-state index in [4.69, 9.17) is 16.3 Å². The topological polar surface area (TPSA) is 14.2 Å². The number of hydrogen-bond donors (Lipinski definition) is 0. The third kappa shape index (κ3) is 1.81. The van der Waals surface area contributed by atoms with E-state index in [9.17, 15) is 0 Å². The molecule has 0 atom stereocenters. The highest BCUT2D eigenvalue weighted by Gasteiger charge is 2.06. The summed E-state index contributed by atoms with van der Waals surface area (Å²) in [7, 11) is 1.62. The predicted octanol–water partition coefficient (Wildman–Crippen LogP) is 3.76. The monoisotopic (exact) mass is 235 g/mol. The molecule has 0 aliphatic heterocycles. The molecule has 0 spiro atoms. The molecule has 0 bridgehead atoms. The van der Waals surface area contributed by atoms with Crippen molar-refractivity contribution in [3.8, 4) is 11.4 Å². The SMILES string of the molecule is COc1ccc(-n2c(C)ccc2C)cc1Cl. The molecule has 16 heavy (non-hydrogen) atoms. The molecule has 0 N–H and O–H groups in total. The summed E-state index contributed by atoms with van der Waals surface area (Å²) in [5, 5.41) is 0.632. The number of nitrogens with zero attached hydrogens (tertiary/aromatic N) is 1. The zero-order valence-electron chi connectivity index (χ0n) is 9.62. The quantitative estimate of drug-likeness (QED) is 0.773. The van der Waals surface area contributed by atoms with Gasteiger partial charge in [0.25, 0.3) is 0 Å². The van der Waals surface area contributed by atoms with E-state index >= 15 is 0 Å². The van der Waals surface area contributed by atoms with Crippen LogP contribution in [0.4, 0.5) is 0 Å². The molecule has 0 aliphatic rings. The summed E-state index contributed by atoms with van der Waals surface area (Å²) < 4.78 is 7.29. The molecular formula is C13H14ClNO. The lowest BCUT2D eigenvalue weighted by Crippen LogP contribution is -1.98. The fraction of sp³-hybridized carbons (Fsp3) is 0.231. The zero-order valence-corrected chi connectivity index (χ0v) is 10.4. The van der Waals surface area contributed by atoms with Gasteiger partial charge in [0.15, 0.2) is 0 Å². The lowest BCUT2D eigenvalue weighted by Gasteiger charge is -2.11. The lowest BCUT2D eigenvalue weighted by atomic mass is 10.3. The Labute approximate surface area is 100 Å². The molecule has 2 nitrogen and oxygen atoms in total. The van der Waals surface area contributed by atoms with E-state index in [-0.39, 0.29) is 0 Å². The number of ether oxygens (including phenoxy) is 1. The average Bonchev–Trinajstić information content (AvgIpc) is 2.58. The molecule has 2 rings (SSSR count). The van der Waals surface area contributed by atoms with Gasteiger partial charge >= 0.3 is 0 Å². The standard InChI is InChI=1S/C13H14ClNO/c1-9-4-5-10(2)15(9)11-6-7-13(16-3)12(14)8-11/h4-8H,1-3H3. The molecular weight excluding hydrogens is 222 g/mol. The maximum absolute atomic E-state index is 6.11. The van der Waals surface area contributed by atoms with Crippen molar-refractivity contribution in [2.45, 2.75) is 13.8 Å². The van der Waals surface area contributed by atoms with E-state index in [1.807, 2.05) is 18.2 Å². The number of benzene rings is 1. The van der Waals surface area contributed by atoms with Crippen LogP contribution in [-0.4, -0.2) is 11.7 Å². The summed E-state index contributed by atoms with van der Waals surface area (Å²) in [5.74, 6) is 0.702. The smallest absolute Gasteiger partial charge is 0.137 e. The first kappa shape index (κ1) is 11.1. The Morgan fingerprint density at radius 2 is 1.69 bits per heavy atom. The van der Waals surface area contributed by atoms with E-state index in [0.29, 0.717) is 10.8 Å². The predicted molar refractivity (Wildman–Crippen MR) is 66.8 cm³/mol. The summed E-state index contributed by atoms with van der Waals surface area (Å²) in [6, 6.07) is 9.99. The van der Waals surface area contributed by atoms with Gasteiger partial charge in [0.05, 0.1) is 12.1 Å². The van der Waals surface area contributed by atoms with Crippen LogP contribution >= 0.6 is 11.6 Å². The Morgan fingerprint density at radius 3 is 2.19 bits per heavy atom. The van der Waals surface area contributed by atoms with E-state index in [2.05, 4.69) is 30.5 Å². The van der Waals surface area contributed by atoms with Crippen LogP contribution in [0.15, 0.2) is 30.3 Å². The third-order valence-electron chi connectivity index (χ3n) is 2.66. The minimum absolute atomic E-state index is 0.632. The first-order valence-corrected chi connectivity index (χ1v) is 5.50. The largest absolute Gasteiger partial charge is 0.495 e. The van der Waals surface area contributed by atoms with Gasteiger partial charge in [-0.2, -0.15) is 0 Å². The van der Waals surface area contributed by atoms with Gasteiger partial charge in [-0.05, 0) is 44.2 Å². The zero-order chi connectivity index (χ0) is 11.7. The van der Waals surface area contributed by atoms with Gasteiger partial charge in [-0.1, -0.05) is 11.6 Å². The maximum Gasteiger partial charge on any atom is 0.137 e. The number of methoxy groups -OCH3 is 1. The van der Waals surface area contributed by atoms with Gasteiger partial charge in [0, 0.05) is 17.1 Å². The first-order valence-electron chi connectivity index (χ1n) is 5.12. The lowest BCUT2D eigenvalue weighted by molar-refractivity contribution is 0.415. The second-order valence-corrected chi connectivity index (χ2v) is 4.18.